The zero-order valence-electron chi connectivity index (χ0n) is 8.16. The van der Waals surface area contributed by atoms with E-state index in [1.807, 2.05) is 6.92 Å². The van der Waals surface area contributed by atoms with E-state index in [0.29, 0.717) is 6.42 Å². The molecule has 0 bridgehead atoms. The van der Waals surface area contributed by atoms with Gasteiger partial charge in [-0.1, -0.05) is 13.5 Å². The average molecular weight is 190 g/mol. The summed E-state index contributed by atoms with van der Waals surface area (Å²) >= 11 is 0. The van der Waals surface area contributed by atoms with E-state index < -0.39 is 5.97 Å². The average Bonchev–Trinajstić information content (AvgIpc) is 2.05. The summed E-state index contributed by atoms with van der Waals surface area (Å²) in [6, 6.07) is 0. The topological polar surface area (TPSA) is 77.8 Å². The molecule has 0 aliphatic rings. The molecule has 0 aromatic rings. The highest BCUT2D eigenvalue weighted by atomic mass is 16.4. The van der Waals surface area contributed by atoms with Crippen LogP contribution < -0.4 is 0 Å². The first kappa shape index (κ1) is 14.6. The Bertz CT molecular complexity index is 142. The number of aliphatic hydroxyl groups excluding tert-OH is 2. The molecule has 1 unspecified atom stereocenters. The van der Waals surface area contributed by atoms with Crippen molar-refractivity contribution < 1.29 is 20.1 Å². The lowest BCUT2D eigenvalue weighted by atomic mass is 10.2. The fraction of sp³-hybridized carbons (Fsp3) is 0.667. The van der Waals surface area contributed by atoms with E-state index >= 15 is 0 Å². The molecule has 1 atom stereocenters. The van der Waals surface area contributed by atoms with Crippen molar-refractivity contribution in [1.29, 1.82) is 0 Å². The number of aliphatic hydroxyl groups is 2. The Morgan fingerprint density at radius 2 is 1.92 bits per heavy atom. The van der Waals surface area contributed by atoms with E-state index in [1.165, 1.54) is 6.92 Å². The van der Waals surface area contributed by atoms with Crippen molar-refractivity contribution in [3.8, 4) is 0 Å². The molecule has 13 heavy (non-hydrogen) atoms. The predicted octanol–water partition coefficient (Wildman–Crippen LogP) is 0.787. The molecule has 0 fully saturated rings. The van der Waals surface area contributed by atoms with Crippen molar-refractivity contribution in [3.63, 3.8) is 0 Å². The molecule has 3 N–H and O–H groups in total. The Kier molecular flexibility index (Phi) is 10.4. The van der Waals surface area contributed by atoms with Crippen LogP contribution in [0.3, 0.4) is 0 Å². The maximum absolute atomic E-state index is 9.60. The first-order chi connectivity index (χ1) is 5.95. The van der Waals surface area contributed by atoms with Crippen molar-refractivity contribution in [1.82, 2.24) is 0 Å². The molecule has 0 aromatic carbocycles. The summed E-state index contributed by atoms with van der Waals surface area (Å²) in [5.41, 5.74) is 0.176. The largest absolute Gasteiger partial charge is 0.478 e. The molecule has 0 heterocycles. The van der Waals surface area contributed by atoms with Crippen LogP contribution in [-0.4, -0.2) is 34.0 Å². The number of carboxylic acid groups (broad SMARTS) is 1. The Balaban J connectivity index is 0. The summed E-state index contributed by atoms with van der Waals surface area (Å²) in [7, 11) is 0. The lowest BCUT2D eigenvalue weighted by Gasteiger charge is -2.01. The summed E-state index contributed by atoms with van der Waals surface area (Å²) in [4.78, 5) is 9.60. The quantitative estimate of drug-likeness (QED) is 0.573. The van der Waals surface area contributed by atoms with Crippen LogP contribution in [0.5, 0.6) is 0 Å². The van der Waals surface area contributed by atoms with Gasteiger partial charge in [-0.25, -0.2) is 4.79 Å². The van der Waals surface area contributed by atoms with Crippen LogP contribution in [0.25, 0.3) is 0 Å². The molecule has 0 saturated heterocycles. The molecule has 4 heteroatoms. The Morgan fingerprint density at radius 1 is 1.54 bits per heavy atom. The molecule has 0 rings (SSSR count). The van der Waals surface area contributed by atoms with Gasteiger partial charge in [0, 0.05) is 12.2 Å². The second kappa shape index (κ2) is 9.22. The van der Waals surface area contributed by atoms with Gasteiger partial charge in [-0.2, -0.15) is 0 Å². The van der Waals surface area contributed by atoms with Crippen molar-refractivity contribution in [2.75, 3.05) is 6.61 Å². The zero-order valence-corrected chi connectivity index (χ0v) is 8.16. The smallest absolute Gasteiger partial charge is 0.330 e. The Labute approximate surface area is 78.5 Å². The maximum atomic E-state index is 9.60. The highest BCUT2D eigenvalue weighted by Gasteiger charge is 1.95. The molecule has 0 radical (unpaired) electrons. The van der Waals surface area contributed by atoms with E-state index in [9.17, 15) is 4.79 Å². The fourth-order valence-corrected chi connectivity index (χ4v) is 0.353. The molecule has 4 nitrogen and oxygen atoms in total. The van der Waals surface area contributed by atoms with Crippen LogP contribution in [0, 0.1) is 0 Å². The standard InChI is InChI=1S/C5H12O2.C4H6O2/c1-2-5(7)3-4-6;1-3(2)4(5)6/h5-7H,2-4H2,1H3;1H2,2H3,(H,5,6). The van der Waals surface area contributed by atoms with Gasteiger partial charge in [0.25, 0.3) is 0 Å². The highest BCUT2D eigenvalue weighted by molar-refractivity contribution is 5.84. The number of aliphatic carboxylic acids is 1. The SMILES string of the molecule is C=C(C)C(=O)O.CCC(O)CCO. The molecule has 0 aliphatic heterocycles. The van der Waals surface area contributed by atoms with Gasteiger partial charge in [0.15, 0.2) is 0 Å². The summed E-state index contributed by atoms with van der Waals surface area (Å²) in [6.07, 6.45) is 0.946. The van der Waals surface area contributed by atoms with E-state index in [-0.39, 0.29) is 18.3 Å². The fourth-order valence-electron chi connectivity index (χ4n) is 0.353. The van der Waals surface area contributed by atoms with E-state index in [2.05, 4.69) is 6.58 Å². The number of carboxylic acids is 1. The third-order valence-corrected chi connectivity index (χ3v) is 1.30. The minimum Gasteiger partial charge on any atom is -0.478 e. The van der Waals surface area contributed by atoms with Crippen molar-refractivity contribution in [2.24, 2.45) is 0 Å². The molecule has 0 saturated carbocycles. The first-order valence-electron chi connectivity index (χ1n) is 4.13. The Morgan fingerprint density at radius 3 is 2.00 bits per heavy atom. The second-order valence-electron chi connectivity index (χ2n) is 2.66. The number of rotatable bonds is 4. The van der Waals surface area contributed by atoms with Crippen LogP contribution in [0.2, 0.25) is 0 Å². The van der Waals surface area contributed by atoms with Gasteiger partial charge in [-0.15, -0.1) is 0 Å². The van der Waals surface area contributed by atoms with Gasteiger partial charge < -0.3 is 15.3 Å². The Hall–Kier alpha value is -0.870. The van der Waals surface area contributed by atoms with Crippen molar-refractivity contribution in [2.45, 2.75) is 32.8 Å². The molecule has 0 amide bonds. The van der Waals surface area contributed by atoms with Gasteiger partial charge in [0.1, 0.15) is 0 Å². The molecule has 0 aliphatic carbocycles. The lowest BCUT2D eigenvalue weighted by molar-refractivity contribution is -0.132. The molecular formula is C9H18O4. The minimum atomic E-state index is -0.935. The lowest BCUT2D eigenvalue weighted by Crippen LogP contribution is -2.05. The van der Waals surface area contributed by atoms with Crippen LogP contribution in [0.4, 0.5) is 0 Å². The van der Waals surface area contributed by atoms with Crippen LogP contribution in [0.1, 0.15) is 26.7 Å². The van der Waals surface area contributed by atoms with Gasteiger partial charge >= 0.3 is 5.97 Å². The second-order valence-corrected chi connectivity index (χ2v) is 2.66. The summed E-state index contributed by atoms with van der Waals surface area (Å²) in [5, 5.41) is 24.8. The number of hydrogen-bond donors (Lipinski definition) is 3. The first-order valence-corrected chi connectivity index (χ1v) is 4.13. The molecular weight excluding hydrogens is 172 g/mol. The molecule has 78 valence electrons. The summed E-state index contributed by atoms with van der Waals surface area (Å²) < 4.78 is 0. The van der Waals surface area contributed by atoms with Gasteiger partial charge in [-0.05, 0) is 19.8 Å². The summed E-state index contributed by atoms with van der Waals surface area (Å²) in [5.74, 6) is -0.935. The summed E-state index contributed by atoms with van der Waals surface area (Å²) in [6.45, 7) is 6.58. The molecule has 0 spiro atoms. The van der Waals surface area contributed by atoms with E-state index in [4.69, 9.17) is 15.3 Å². The van der Waals surface area contributed by atoms with E-state index in [0.717, 1.165) is 6.42 Å². The van der Waals surface area contributed by atoms with Gasteiger partial charge in [0.05, 0.1) is 6.10 Å². The predicted molar refractivity (Wildman–Crippen MR) is 50.5 cm³/mol. The monoisotopic (exact) mass is 190 g/mol. The number of carbonyl (C=O) groups is 1. The minimum absolute atomic E-state index is 0.0923. The van der Waals surface area contributed by atoms with Gasteiger partial charge in [-0.3, -0.25) is 0 Å². The van der Waals surface area contributed by atoms with Crippen LogP contribution >= 0.6 is 0 Å². The third-order valence-electron chi connectivity index (χ3n) is 1.30. The highest BCUT2D eigenvalue weighted by Crippen LogP contribution is 1.92. The van der Waals surface area contributed by atoms with Crippen LogP contribution in [-0.2, 0) is 4.79 Å². The maximum Gasteiger partial charge on any atom is 0.330 e. The third kappa shape index (κ3) is 14.0. The molecule has 0 aromatic heterocycles. The zero-order chi connectivity index (χ0) is 10.9. The van der Waals surface area contributed by atoms with Crippen molar-refractivity contribution >= 4 is 5.97 Å². The normalized spacial score (nSPS) is 11.1. The van der Waals surface area contributed by atoms with Crippen molar-refractivity contribution in [3.05, 3.63) is 12.2 Å². The van der Waals surface area contributed by atoms with E-state index in [1.54, 1.807) is 0 Å². The van der Waals surface area contributed by atoms with Crippen LogP contribution in [0.15, 0.2) is 12.2 Å². The van der Waals surface area contributed by atoms with Gasteiger partial charge in [0.2, 0.25) is 0 Å². The number of hydrogen-bond acceptors (Lipinski definition) is 3.